The molecule has 5 nitrogen and oxygen atoms in total. The first kappa shape index (κ1) is 17.6. The lowest BCUT2D eigenvalue weighted by molar-refractivity contribution is 0.0787. The van der Waals surface area contributed by atoms with E-state index in [9.17, 15) is 4.79 Å². The van der Waals surface area contributed by atoms with Crippen LogP contribution in [-0.4, -0.2) is 43.7 Å². The summed E-state index contributed by atoms with van der Waals surface area (Å²) < 4.78 is 11.5. The van der Waals surface area contributed by atoms with Crippen molar-refractivity contribution in [3.05, 3.63) is 23.8 Å². The Bertz CT molecular complexity index is 519. The number of nitrogens with zero attached hydrogens (tertiary/aromatic N) is 1. The van der Waals surface area contributed by atoms with Crippen molar-refractivity contribution in [2.75, 3.05) is 32.8 Å². The maximum absolute atomic E-state index is 12.6. The Morgan fingerprint density at radius 2 is 1.91 bits per heavy atom. The molecule has 1 unspecified atom stereocenters. The van der Waals surface area contributed by atoms with E-state index < -0.39 is 0 Å². The van der Waals surface area contributed by atoms with E-state index in [2.05, 4.69) is 13.8 Å². The summed E-state index contributed by atoms with van der Waals surface area (Å²) in [5.74, 6) is 1.82. The van der Waals surface area contributed by atoms with Crippen LogP contribution in [0.15, 0.2) is 18.2 Å². The second kappa shape index (κ2) is 8.77. The number of benzene rings is 1. The lowest BCUT2D eigenvalue weighted by Gasteiger charge is -2.18. The summed E-state index contributed by atoms with van der Waals surface area (Å²) in [7, 11) is 0. The van der Waals surface area contributed by atoms with Gasteiger partial charge in [-0.25, -0.2) is 0 Å². The predicted molar refractivity (Wildman–Crippen MR) is 91.1 cm³/mol. The highest BCUT2D eigenvalue weighted by Crippen LogP contribution is 2.30. The van der Waals surface area contributed by atoms with Crippen LogP contribution >= 0.6 is 0 Å². The third kappa shape index (κ3) is 4.61. The van der Waals surface area contributed by atoms with Crippen molar-refractivity contribution in [1.82, 2.24) is 4.90 Å². The quantitative estimate of drug-likeness (QED) is 0.800. The van der Waals surface area contributed by atoms with Crippen molar-refractivity contribution in [2.24, 2.45) is 11.7 Å². The van der Waals surface area contributed by atoms with Crippen molar-refractivity contribution >= 4 is 5.91 Å². The Hall–Kier alpha value is -1.75. The molecule has 2 N–H and O–H groups in total. The Kier molecular flexibility index (Phi) is 6.71. The maximum atomic E-state index is 12.6. The number of amides is 1. The monoisotopic (exact) mass is 320 g/mol. The number of hydrogen-bond donors (Lipinski definition) is 1. The van der Waals surface area contributed by atoms with Crippen LogP contribution in [0.4, 0.5) is 0 Å². The number of nitrogens with two attached hydrogens (primary N) is 1. The minimum Gasteiger partial charge on any atom is -0.490 e. The molecule has 1 aromatic carbocycles. The summed E-state index contributed by atoms with van der Waals surface area (Å²) in [5.41, 5.74) is 6.36. The summed E-state index contributed by atoms with van der Waals surface area (Å²) in [5, 5.41) is 0. The van der Waals surface area contributed by atoms with E-state index in [1.165, 1.54) is 0 Å². The van der Waals surface area contributed by atoms with Gasteiger partial charge >= 0.3 is 0 Å². The van der Waals surface area contributed by atoms with E-state index in [1.807, 2.05) is 17.0 Å². The maximum Gasteiger partial charge on any atom is 0.254 e. The molecule has 1 amide bonds. The SMILES string of the molecule is CCCOc1ccc(C(=O)N2CCC(CN)C2)cc1OCCC. The molecule has 0 saturated carbocycles. The molecule has 1 aromatic rings. The highest BCUT2D eigenvalue weighted by atomic mass is 16.5. The van der Waals surface area contributed by atoms with Crippen molar-refractivity contribution in [3.63, 3.8) is 0 Å². The van der Waals surface area contributed by atoms with Gasteiger partial charge in [0.2, 0.25) is 0 Å². The molecule has 1 atom stereocenters. The van der Waals surface area contributed by atoms with E-state index in [0.717, 1.165) is 32.4 Å². The van der Waals surface area contributed by atoms with Gasteiger partial charge in [-0.1, -0.05) is 13.8 Å². The molecule has 0 radical (unpaired) electrons. The Labute approximate surface area is 138 Å². The molecule has 0 aromatic heterocycles. The zero-order chi connectivity index (χ0) is 16.7. The molecule has 5 heteroatoms. The Balaban J connectivity index is 2.13. The van der Waals surface area contributed by atoms with Crippen LogP contribution in [0.1, 0.15) is 43.5 Å². The van der Waals surface area contributed by atoms with Gasteiger partial charge in [0.1, 0.15) is 0 Å². The van der Waals surface area contributed by atoms with Crippen molar-refractivity contribution < 1.29 is 14.3 Å². The van der Waals surface area contributed by atoms with Gasteiger partial charge in [-0.15, -0.1) is 0 Å². The van der Waals surface area contributed by atoms with Crippen LogP contribution < -0.4 is 15.2 Å². The van der Waals surface area contributed by atoms with Crippen molar-refractivity contribution in [3.8, 4) is 11.5 Å². The zero-order valence-corrected chi connectivity index (χ0v) is 14.2. The second-order valence-electron chi connectivity index (χ2n) is 6.00. The van der Waals surface area contributed by atoms with Crippen LogP contribution in [0.2, 0.25) is 0 Å². The molecule has 0 spiro atoms. The Morgan fingerprint density at radius 1 is 1.22 bits per heavy atom. The van der Waals surface area contributed by atoms with Crippen molar-refractivity contribution in [1.29, 1.82) is 0 Å². The van der Waals surface area contributed by atoms with Gasteiger partial charge in [-0.2, -0.15) is 0 Å². The van der Waals surface area contributed by atoms with Gasteiger partial charge in [0.05, 0.1) is 13.2 Å². The molecule has 1 heterocycles. The smallest absolute Gasteiger partial charge is 0.254 e. The molecule has 0 aliphatic carbocycles. The first-order valence-corrected chi connectivity index (χ1v) is 8.58. The summed E-state index contributed by atoms with van der Waals surface area (Å²) in [6.07, 6.45) is 2.83. The molecule has 23 heavy (non-hydrogen) atoms. The molecular formula is C18H28N2O3. The second-order valence-corrected chi connectivity index (χ2v) is 6.00. The Morgan fingerprint density at radius 3 is 2.52 bits per heavy atom. The first-order chi connectivity index (χ1) is 11.2. The average molecular weight is 320 g/mol. The van der Waals surface area contributed by atoms with Crippen LogP contribution in [0, 0.1) is 5.92 Å². The fourth-order valence-electron chi connectivity index (χ4n) is 2.69. The normalized spacial score (nSPS) is 17.3. The summed E-state index contributed by atoms with van der Waals surface area (Å²) in [6, 6.07) is 5.46. The minimum atomic E-state index is 0.0457. The summed E-state index contributed by atoms with van der Waals surface area (Å²) in [4.78, 5) is 14.5. The number of hydrogen-bond acceptors (Lipinski definition) is 4. The minimum absolute atomic E-state index is 0.0457. The van der Waals surface area contributed by atoms with Crippen LogP contribution in [0.3, 0.4) is 0 Å². The lowest BCUT2D eigenvalue weighted by Crippen LogP contribution is -2.29. The number of rotatable bonds is 8. The lowest BCUT2D eigenvalue weighted by atomic mass is 10.1. The highest BCUT2D eigenvalue weighted by Gasteiger charge is 2.26. The fraction of sp³-hybridized carbons (Fsp3) is 0.611. The highest BCUT2D eigenvalue weighted by molar-refractivity contribution is 5.95. The number of carbonyl (C=O) groups is 1. The molecule has 0 bridgehead atoms. The first-order valence-electron chi connectivity index (χ1n) is 8.58. The molecule has 1 aliphatic rings. The van der Waals surface area contributed by atoms with Crippen LogP contribution in [-0.2, 0) is 0 Å². The van der Waals surface area contributed by atoms with E-state index in [0.29, 0.717) is 42.7 Å². The fourth-order valence-corrected chi connectivity index (χ4v) is 2.69. The summed E-state index contributed by atoms with van der Waals surface area (Å²) >= 11 is 0. The van der Waals surface area contributed by atoms with Gasteiger partial charge < -0.3 is 20.1 Å². The van der Waals surface area contributed by atoms with Gasteiger partial charge in [-0.3, -0.25) is 4.79 Å². The predicted octanol–water partition coefficient (Wildman–Crippen LogP) is 2.69. The topological polar surface area (TPSA) is 64.8 Å². The largest absolute Gasteiger partial charge is 0.490 e. The third-order valence-electron chi connectivity index (χ3n) is 4.02. The van der Waals surface area contributed by atoms with E-state index >= 15 is 0 Å². The molecule has 128 valence electrons. The van der Waals surface area contributed by atoms with Gasteiger partial charge in [0.15, 0.2) is 11.5 Å². The van der Waals surface area contributed by atoms with Crippen molar-refractivity contribution in [2.45, 2.75) is 33.1 Å². The molecule has 1 aliphatic heterocycles. The molecule has 1 saturated heterocycles. The van der Waals surface area contributed by atoms with E-state index in [4.69, 9.17) is 15.2 Å². The van der Waals surface area contributed by atoms with E-state index in [1.54, 1.807) is 6.07 Å². The average Bonchev–Trinajstić information content (AvgIpc) is 3.06. The number of carbonyl (C=O) groups excluding carboxylic acids is 1. The standard InChI is InChI=1S/C18H28N2O3/c1-3-9-22-16-6-5-15(11-17(16)23-10-4-2)18(21)20-8-7-14(12-19)13-20/h5-6,11,14H,3-4,7-10,12-13,19H2,1-2H3. The number of likely N-dealkylation sites (tertiary alicyclic amines) is 1. The molecule has 1 fully saturated rings. The molecular weight excluding hydrogens is 292 g/mol. The van der Waals surface area contributed by atoms with E-state index in [-0.39, 0.29) is 5.91 Å². The van der Waals surface area contributed by atoms with Gasteiger partial charge in [0.25, 0.3) is 5.91 Å². The molecule has 2 rings (SSSR count). The van der Waals surface area contributed by atoms with Crippen LogP contribution in [0.5, 0.6) is 11.5 Å². The third-order valence-corrected chi connectivity index (χ3v) is 4.02. The zero-order valence-electron chi connectivity index (χ0n) is 14.2. The summed E-state index contributed by atoms with van der Waals surface area (Å²) in [6.45, 7) is 7.52. The van der Waals surface area contributed by atoms with Gasteiger partial charge in [-0.05, 0) is 49.9 Å². The number of ether oxygens (including phenoxy) is 2. The van der Waals surface area contributed by atoms with Crippen LogP contribution in [0.25, 0.3) is 0 Å². The van der Waals surface area contributed by atoms with Gasteiger partial charge in [0, 0.05) is 18.7 Å².